The molecule has 0 N–H and O–H groups in total. The Kier molecular flexibility index (Phi) is 6.81. The standard InChI is InChI=1S/C17H20N2S.K.H/c1-18(2)12-7-13-19-14-8-3-5-10-16(14)20-17-11-6-4-9-15(17)19;;/h3-6,8-11H,7,12-13H2,1-2H3;;. The molecule has 2 nitrogen and oxygen atoms in total. The predicted molar refractivity (Wildman–Crippen MR) is 94.3 cm³/mol. The third kappa shape index (κ3) is 4.13. The second-order valence-electron chi connectivity index (χ2n) is 5.35. The van der Waals surface area contributed by atoms with E-state index in [4.69, 9.17) is 0 Å². The summed E-state index contributed by atoms with van der Waals surface area (Å²) in [5.41, 5.74) is 2.69. The molecule has 0 aliphatic carbocycles. The van der Waals surface area contributed by atoms with Crippen LogP contribution in [0.5, 0.6) is 0 Å². The second-order valence-corrected chi connectivity index (χ2v) is 6.43. The van der Waals surface area contributed by atoms with Gasteiger partial charge in [-0.25, -0.2) is 0 Å². The van der Waals surface area contributed by atoms with Gasteiger partial charge >= 0.3 is 51.4 Å². The number of hydrogen-bond donors (Lipinski definition) is 0. The summed E-state index contributed by atoms with van der Waals surface area (Å²) in [4.78, 5) is 7.42. The Bertz CT molecular complexity index is 555. The SMILES string of the molecule is CN(C)CCCN1c2ccccc2Sc2ccccc21.[KH]. The minimum absolute atomic E-state index is 0. The zero-order valence-electron chi connectivity index (χ0n) is 12.0. The van der Waals surface area contributed by atoms with Gasteiger partial charge in [-0.1, -0.05) is 36.0 Å². The average Bonchev–Trinajstić information content (AvgIpc) is 2.46. The third-order valence-electron chi connectivity index (χ3n) is 3.52. The monoisotopic (exact) mass is 324 g/mol. The quantitative estimate of drug-likeness (QED) is 0.794. The maximum atomic E-state index is 2.46. The van der Waals surface area contributed by atoms with Crippen molar-refractivity contribution in [2.75, 3.05) is 32.1 Å². The molecule has 106 valence electrons. The minimum atomic E-state index is 0. The van der Waals surface area contributed by atoms with Crippen molar-refractivity contribution >= 4 is 74.5 Å². The van der Waals surface area contributed by atoms with E-state index in [-0.39, 0.29) is 51.4 Å². The van der Waals surface area contributed by atoms with Gasteiger partial charge in [0.1, 0.15) is 0 Å². The van der Waals surface area contributed by atoms with E-state index in [2.05, 4.69) is 72.4 Å². The summed E-state index contributed by atoms with van der Waals surface area (Å²) in [7, 11) is 4.27. The summed E-state index contributed by atoms with van der Waals surface area (Å²) in [5, 5.41) is 0. The molecule has 4 heteroatoms. The molecule has 3 rings (SSSR count). The zero-order chi connectivity index (χ0) is 13.9. The van der Waals surface area contributed by atoms with Gasteiger partial charge in [0.05, 0.1) is 11.4 Å². The van der Waals surface area contributed by atoms with Gasteiger partial charge in [0.15, 0.2) is 0 Å². The van der Waals surface area contributed by atoms with Crippen molar-refractivity contribution in [3.63, 3.8) is 0 Å². The van der Waals surface area contributed by atoms with Crippen LogP contribution in [0.2, 0.25) is 0 Å². The molecule has 1 aliphatic rings. The summed E-state index contributed by atoms with van der Waals surface area (Å²) in [6.07, 6.45) is 1.17. The van der Waals surface area contributed by atoms with Crippen LogP contribution >= 0.6 is 11.8 Å². The Labute approximate surface area is 174 Å². The molecule has 0 saturated carbocycles. The topological polar surface area (TPSA) is 6.48 Å². The van der Waals surface area contributed by atoms with Crippen molar-refractivity contribution in [3.05, 3.63) is 48.5 Å². The third-order valence-corrected chi connectivity index (χ3v) is 4.65. The van der Waals surface area contributed by atoms with Gasteiger partial charge in [0.25, 0.3) is 0 Å². The number of nitrogens with zero attached hydrogens (tertiary/aromatic N) is 2. The van der Waals surface area contributed by atoms with Gasteiger partial charge in [-0.15, -0.1) is 0 Å². The molecule has 0 spiro atoms. The molecule has 1 heterocycles. The molecule has 2 aromatic rings. The van der Waals surface area contributed by atoms with E-state index in [9.17, 15) is 0 Å². The molecule has 1 aliphatic heterocycles. The first-order valence-electron chi connectivity index (χ1n) is 7.04. The van der Waals surface area contributed by atoms with Crippen LogP contribution in [-0.4, -0.2) is 83.5 Å². The van der Waals surface area contributed by atoms with Gasteiger partial charge in [-0.3, -0.25) is 0 Å². The van der Waals surface area contributed by atoms with E-state index < -0.39 is 0 Å². The predicted octanol–water partition coefficient (Wildman–Crippen LogP) is 3.59. The van der Waals surface area contributed by atoms with Gasteiger partial charge < -0.3 is 9.80 Å². The Balaban J connectivity index is 0.00000161. The fourth-order valence-electron chi connectivity index (χ4n) is 2.57. The Morgan fingerprint density at radius 3 is 1.95 bits per heavy atom. The summed E-state index contributed by atoms with van der Waals surface area (Å²) in [5.74, 6) is 0. The average molecular weight is 325 g/mol. The van der Waals surface area contributed by atoms with Crippen LogP contribution in [0.4, 0.5) is 11.4 Å². The van der Waals surface area contributed by atoms with Crippen molar-refractivity contribution in [3.8, 4) is 0 Å². The van der Waals surface area contributed by atoms with Gasteiger partial charge in [-0.05, 0) is 51.3 Å². The van der Waals surface area contributed by atoms with E-state index in [1.165, 1.54) is 27.6 Å². The number of anilines is 2. The molecule has 0 aromatic heterocycles. The first-order chi connectivity index (χ1) is 9.75. The molecule has 21 heavy (non-hydrogen) atoms. The number of fused-ring (bicyclic) bond motifs is 2. The number of hydrogen-bond acceptors (Lipinski definition) is 3. The van der Waals surface area contributed by atoms with Crippen LogP contribution in [0.25, 0.3) is 0 Å². The van der Waals surface area contributed by atoms with Crippen LogP contribution in [0.3, 0.4) is 0 Å². The van der Waals surface area contributed by atoms with Crippen LogP contribution in [0.1, 0.15) is 6.42 Å². The zero-order valence-corrected chi connectivity index (χ0v) is 12.9. The van der Waals surface area contributed by atoms with Crippen molar-refractivity contribution in [1.82, 2.24) is 4.90 Å². The Hall–Kier alpha value is 0.186. The van der Waals surface area contributed by atoms with Crippen LogP contribution < -0.4 is 4.90 Å². The Morgan fingerprint density at radius 2 is 1.43 bits per heavy atom. The summed E-state index contributed by atoms with van der Waals surface area (Å²) in [6.45, 7) is 2.18. The van der Waals surface area contributed by atoms with Crippen molar-refractivity contribution in [2.45, 2.75) is 16.2 Å². The molecule has 0 radical (unpaired) electrons. The molecule has 0 fully saturated rings. The summed E-state index contributed by atoms with van der Waals surface area (Å²) >= 11 is 1.87. The van der Waals surface area contributed by atoms with Crippen molar-refractivity contribution < 1.29 is 0 Å². The Morgan fingerprint density at radius 1 is 0.905 bits per heavy atom. The van der Waals surface area contributed by atoms with Crippen LogP contribution in [-0.2, 0) is 0 Å². The van der Waals surface area contributed by atoms with Crippen molar-refractivity contribution in [2.24, 2.45) is 0 Å². The number of benzene rings is 2. The first-order valence-corrected chi connectivity index (χ1v) is 7.85. The molecule has 0 bridgehead atoms. The van der Waals surface area contributed by atoms with Crippen molar-refractivity contribution in [1.29, 1.82) is 0 Å². The van der Waals surface area contributed by atoms with Crippen LogP contribution in [0, 0.1) is 0 Å². The molecular formula is C17H21KN2S. The summed E-state index contributed by atoms with van der Waals surface area (Å²) in [6, 6.07) is 17.4. The molecule has 0 saturated heterocycles. The maximum absolute atomic E-state index is 2.46. The molecule has 0 atom stereocenters. The van der Waals surface area contributed by atoms with Crippen LogP contribution in [0.15, 0.2) is 58.3 Å². The van der Waals surface area contributed by atoms with Gasteiger partial charge in [0, 0.05) is 16.3 Å². The second kappa shape index (κ2) is 8.15. The van der Waals surface area contributed by atoms with E-state index in [0.29, 0.717) is 0 Å². The van der Waals surface area contributed by atoms with E-state index >= 15 is 0 Å². The van der Waals surface area contributed by atoms with E-state index in [0.717, 1.165) is 13.1 Å². The molecular weight excluding hydrogens is 303 g/mol. The number of para-hydroxylation sites is 2. The molecule has 0 amide bonds. The fraction of sp³-hybridized carbons (Fsp3) is 0.294. The molecule has 0 unspecified atom stereocenters. The fourth-order valence-corrected chi connectivity index (χ4v) is 3.66. The molecule has 2 aromatic carbocycles. The van der Waals surface area contributed by atoms with E-state index in [1.807, 2.05) is 11.8 Å². The van der Waals surface area contributed by atoms with E-state index in [1.54, 1.807) is 0 Å². The summed E-state index contributed by atoms with van der Waals surface area (Å²) < 4.78 is 0. The first kappa shape index (κ1) is 17.5. The normalized spacial score (nSPS) is 12.6. The van der Waals surface area contributed by atoms with Gasteiger partial charge in [0.2, 0.25) is 0 Å². The van der Waals surface area contributed by atoms with Gasteiger partial charge in [-0.2, -0.15) is 0 Å². The number of rotatable bonds is 4.